The van der Waals surface area contributed by atoms with E-state index in [4.69, 9.17) is 0 Å². The number of amides is 2. The number of rotatable bonds is 6. The monoisotopic (exact) mass is 392 g/mol. The molecule has 2 amide bonds. The van der Waals surface area contributed by atoms with Crippen molar-refractivity contribution in [3.8, 4) is 0 Å². The van der Waals surface area contributed by atoms with Crippen LogP contribution in [0.5, 0.6) is 0 Å². The number of carboxylic acid groups (broad SMARTS) is 1. The summed E-state index contributed by atoms with van der Waals surface area (Å²) in [4.78, 5) is 38.2. The molecule has 0 saturated carbocycles. The van der Waals surface area contributed by atoms with E-state index in [-0.39, 0.29) is 18.4 Å². The molecule has 150 valence electrons. The van der Waals surface area contributed by atoms with Crippen LogP contribution in [0.1, 0.15) is 52.2 Å². The average Bonchev–Trinajstić information content (AvgIpc) is 3.03. The summed E-state index contributed by atoms with van der Waals surface area (Å²) >= 11 is 0. The zero-order valence-corrected chi connectivity index (χ0v) is 16.1. The molecule has 29 heavy (non-hydrogen) atoms. The number of hydrogen-bond donors (Lipinski definition) is 2. The molecule has 1 heterocycles. The molecule has 2 atom stereocenters. The molecule has 4 rings (SSSR count). The largest absolute Gasteiger partial charge is 0.480 e. The third kappa shape index (κ3) is 4.01. The number of carbonyl (C=O) groups excluding carboxylic acids is 2. The Hall–Kier alpha value is -3.15. The van der Waals surface area contributed by atoms with Crippen LogP contribution >= 0.6 is 0 Å². The number of nitrogens with zero attached hydrogens (tertiary/aromatic N) is 1. The maximum atomic E-state index is 12.5. The molecule has 0 aromatic heterocycles. The number of fused-ring (bicyclic) bond motifs is 2. The predicted octanol–water partition coefficient (Wildman–Crippen LogP) is 2.72. The van der Waals surface area contributed by atoms with Gasteiger partial charge in [-0.25, -0.2) is 4.79 Å². The molecular formula is C23H24N2O4. The van der Waals surface area contributed by atoms with Gasteiger partial charge in [0.2, 0.25) is 5.91 Å². The molecule has 0 radical (unpaired) electrons. The van der Waals surface area contributed by atoms with Crippen LogP contribution in [0.15, 0.2) is 48.5 Å². The van der Waals surface area contributed by atoms with Crippen molar-refractivity contribution in [3.05, 3.63) is 70.8 Å². The van der Waals surface area contributed by atoms with Gasteiger partial charge in [-0.2, -0.15) is 0 Å². The Balaban J connectivity index is 1.40. The molecule has 0 saturated heterocycles. The van der Waals surface area contributed by atoms with E-state index in [9.17, 15) is 19.5 Å². The minimum Gasteiger partial charge on any atom is -0.480 e. The van der Waals surface area contributed by atoms with E-state index in [2.05, 4.69) is 17.4 Å². The summed E-state index contributed by atoms with van der Waals surface area (Å²) in [5, 5.41) is 12.3. The van der Waals surface area contributed by atoms with Crippen LogP contribution in [0.3, 0.4) is 0 Å². The number of hydrogen-bond acceptors (Lipinski definition) is 3. The van der Waals surface area contributed by atoms with E-state index in [1.165, 1.54) is 16.0 Å². The van der Waals surface area contributed by atoms with Gasteiger partial charge in [0, 0.05) is 12.1 Å². The van der Waals surface area contributed by atoms with Crippen molar-refractivity contribution in [2.45, 2.75) is 44.2 Å². The number of aryl methyl sites for hydroxylation is 1. The van der Waals surface area contributed by atoms with Gasteiger partial charge >= 0.3 is 5.97 Å². The summed E-state index contributed by atoms with van der Waals surface area (Å²) in [5.41, 5.74) is 3.94. The van der Waals surface area contributed by atoms with Gasteiger partial charge in [-0.15, -0.1) is 0 Å². The highest BCUT2D eigenvalue weighted by atomic mass is 16.4. The van der Waals surface area contributed by atoms with Crippen LogP contribution in [0.4, 0.5) is 0 Å². The molecule has 2 N–H and O–H groups in total. The lowest BCUT2D eigenvalue weighted by atomic mass is 9.79. The predicted molar refractivity (Wildman–Crippen MR) is 107 cm³/mol. The van der Waals surface area contributed by atoms with Gasteiger partial charge in [-0.3, -0.25) is 9.59 Å². The summed E-state index contributed by atoms with van der Waals surface area (Å²) in [7, 11) is 0. The first-order chi connectivity index (χ1) is 14.0. The van der Waals surface area contributed by atoms with E-state index in [0.717, 1.165) is 24.8 Å². The maximum absolute atomic E-state index is 12.5. The van der Waals surface area contributed by atoms with Gasteiger partial charge < -0.3 is 15.3 Å². The molecule has 0 fully saturated rings. The molecule has 0 spiro atoms. The van der Waals surface area contributed by atoms with E-state index in [1.807, 2.05) is 24.3 Å². The van der Waals surface area contributed by atoms with Gasteiger partial charge in [-0.1, -0.05) is 42.5 Å². The fourth-order valence-corrected chi connectivity index (χ4v) is 4.46. The molecule has 1 aliphatic heterocycles. The third-order valence-corrected chi connectivity index (χ3v) is 5.88. The van der Waals surface area contributed by atoms with Crippen LogP contribution in [0.2, 0.25) is 0 Å². The number of benzene rings is 2. The zero-order chi connectivity index (χ0) is 20.4. The van der Waals surface area contributed by atoms with Gasteiger partial charge in [0.05, 0.1) is 0 Å². The van der Waals surface area contributed by atoms with Crippen molar-refractivity contribution in [1.82, 2.24) is 10.2 Å². The number of carbonyl (C=O) groups is 3. The van der Waals surface area contributed by atoms with Gasteiger partial charge in [0.25, 0.3) is 5.91 Å². The average molecular weight is 392 g/mol. The minimum absolute atomic E-state index is 0.110. The highest BCUT2D eigenvalue weighted by Gasteiger charge is 2.31. The first kappa shape index (κ1) is 19.2. The standard InChI is InChI=1S/C23H24N2O4/c26-21(14-25-13-17-7-2-4-11-19(17)22(25)27)24-20(23(28)29)12-16-9-5-8-15-6-1-3-10-18(15)16/h1-4,6-7,10-11,16,20H,5,8-9,12-14H2,(H,24,26)(H,28,29). The van der Waals surface area contributed by atoms with Crippen molar-refractivity contribution in [2.24, 2.45) is 0 Å². The normalized spacial score (nSPS) is 18.7. The molecule has 2 aromatic rings. The van der Waals surface area contributed by atoms with Crippen LogP contribution in [0.25, 0.3) is 0 Å². The fraction of sp³-hybridized carbons (Fsp3) is 0.348. The topological polar surface area (TPSA) is 86.7 Å². The van der Waals surface area contributed by atoms with Gasteiger partial charge in [0.1, 0.15) is 12.6 Å². The van der Waals surface area contributed by atoms with Gasteiger partial charge in [-0.05, 0) is 54.4 Å². The molecule has 1 aliphatic carbocycles. The Bertz CT molecular complexity index is 955. The summed E-state index contributed by atoms with van der Waals surface area (Å²) in [6.45, 7) is 0.231. The molecule has 2 aromatic carbocycles. The van der Waals surface area contributed by atoms with Crippen molar-refractivity contribution in [3.63, 3.8) is 0 Å². The Kier molecular flexibility index (Phi) is 5.34. The van der Waals surface area contributed by atoms with Crippen molar-refractivity contribution < 1.29 is 19.5 Å². The van der Waals surface area contributed by atoms with Crippen LogP contribution in [-0.2, 0) is 22.6 Å². The molecular weight excluding hydrogens is 368 g/mol. The molecule has 2 unspecified atom stereocenters. The zero-order valence-electron chi connectivity index (χ0n) is 16.1. The lowest BCUT2D eigenvalue weighted by Crippen LogP contribution is -2.46. The van der Waals surface area contributed by atoms with E-state index >= 15 is 0 Å². The first-order valence-corrected chi connectivity index (χ1v) is 10.00. The van der Waals surface area contributed by atoms with Crippen molar-refractivity contribution in [1.29, 1.82) is 0 Å². The van der Waals surface area contributed by atoms with E-state index in [1.54, 1.807) is 12.1 Å². The lowest BCUT2D eigenvalue weighted by Gasteiger charge is -2.28. The van der Waals surface area contributed by atoms with E-state index < -0.39 is 17.9 Å². The molecule has 2 aliphatic rings. The smallest absolute Gasteiger partial charge is 0.326 e. The maximum Gasteiger partial charge on any atom is 0.326 e. The van der Waals surface area contributed by atoms with Crippen LogP contribution in [-0.4, -0.2) is 40.4 Å². The minimum atomic E-state index is -1.04. The van der Waals surface area contributed by atoms with Crippen molar-refractivity contribution in [2.75, 3.05) is 6.54 Å². The number of aliphatic carboxylic acids is 1. The second-order valence-electron chi connectivity index (χ2n) is 7.80. The van der Waals surface area contributed by atoms with Crippen LogP contribution in [0, 0.1) is 0 Å². The number of nitrogens with one attached hydrogen (secondary N) is 1. The molecule has 6 nitrogen and oxygen atoms in total. The summed E-state index contributed by atoms with van der Waals surface area (Å²) in [6.07, 6.45) is 3.29. The first-order valence-electron chi connectivity index (χ1n) is 10.00. The Morgan fingerprint density at radius 3 is 2.59 bits per heavy atom. The van der Waals surface area contributed by atoms with Gasteiger partial charge in [0.15, 0.2) is 0 Å². The van der Waals surface area contributed by atoms with E-state index in [0.29, 0.717) is 18.5 Å². The second kappa shape index (κ2) is 8.07. The Labute approximate surface area is 169 Å². The summed E-state index contributed by atoms with van der Waals surface area (Å²) in [6, 6.07) is 14.4. The Morgan fingerprint density at radius 1 is 1.10 bits per heavy atom. The van der Waals surface area contributed by atoms with Crippen LogP contribution < -0.4 is 5.32 Å². The third-order valence-electron chi connectivity index (χ3n) is 5.88. The lowest BCUT2D eigenvalue weighted by molar-refractivity contribution is -0.142. The highest BCUT2D eigenvalue weighted by molar-refractivity contribution is 6.00. The molecule has 0 bridgehead atoms. The fourth-order valence-electron chi connectivity index (χ4n) is 4.46. The quantitative estimate of drug-likeness (QED) is 0.791. The molecule has 6 heteroatoms. The second-order valence-corrected chi connectivity index (χ2v) is 7.80. The summed E-state index contributed by atoms with van der Waals surface area (Å²) in [5.74, 6) is -1.57. The number of carboxylic acids is 1. The summed E-state index contributed by atoms with van der Waals surface area (Å²) < 4.78 is 0. The Morgan fingerprint density at radius 2 is 1.83 bits per heavy atom. The highest BCUT2D eigenvalue weighted by Crippen LogP contribution is 2.34. The SMILES string of the molecule is O=C(CN1Cc2ccccc2C1=O)NC(CC1CCCc2ccccc21)C(=O)O. The van der Waals surface area contributed by atoms with Crippen molar-refractivity contribution >= 4 is 17.8 Å².